The van der Waals surface area contributed by atoms with Gasteiger partial charge in [0.15, 0.2) is 4.34 Å². The van der Waals surface area contributed by atoms with Crippen LogP contribution in [0, 0.1) is 0 Å². The van der Waals surface area contributed by atoms with Crippen molar-refractivity contribution >= 4 is 51.2 Å². The summed E-state index contributed by atoms with van der Waals surface area (Å²) in [4.78, 5) is 4.59. The summed E-state index contributed by atoms with van der Waals surface area (Å²) < 4.78 is 6.63. The fourth-order valence-corrected chi connectivity index (χ4v) is 4.38. The molecule has 0 aliphatic carbocycles. The predicted octanol–water partition coefficient (Wildman–Crippen LogP) is 5.12. The molecule has 0 aliphatic heterocycles. The van der Waals surface area contributed by atoms with Gasteiger partial charge in [-0.15, -0.1) is 28.1 Å². The Morgan fingerprint density at radius 2 is 2.12 bits per heavy atom. The Hall–Kier alpha value is -1.61. The number of anilines is 1. The summed E-state index contributed by atoms with van der Waals surface area (Å²) in [5, 5.41) is 15.8. The number of thioether (sulfide) groups is 1. The van der Waals surface area contributed by atoms with Gasteiger partial charge in [-0.05, 0) is 24.3 Å². The average Bonchev–Trinajstić information content (AvgIpc) is 3.27. The maximum atomic E-state index is 5.86. The second kappa shape index (κ2) is 9.19. The Morgan fingerprint density at radius 3 is 2.92 bits per heavy atom. The van der Waals surface area contributed by atoms with E-state index in [-0.39, 0.29) is 0 Å². The molecule has 0 saturated heterocycles. The van der Waals surface area contributed by atoms with E-state index in [0.29, 0.717) is 18.2 Å². The van der Waals surface area contributed by atoms with Crippen molar-refractivity contribution in [3.63, 3.8) is 0 Å². The first-order valence-corrected chi connectivity index (χ1v) is 10.4. The lowest BCUT2D eigenvalue weighted by molar-refractivity contribution is 0.305. The molecular weight excluding hydrogens is 396 g/mol. The Balaban J connectivity index is 1.47. The molecule has 0 fully saturated rings. The molecule has 2 aromatic heterocycles. The van der Waals surface area contributed by atoms with Crippen LogP contribution in [0.1, 0.15) is 10.7 Å². The van der Waals surface area contributed by atoms with Gasteiger partial charge in [0, 0.05) is 22.7 Å². The number of rotatable bonds is 9. The number of hydrogen-bond donors (Lipinski definition) is 1. The van der Waals surface area contributed by atoms with Gasteiger partial charge in [0.25, 0.3) is 0 Å². The zero-order valence-electron chi connectivity index (χ0n) is 13.1. The Kier molecular flexibility index (Phi) is 6.69. The highest BCUT2D eigenvalue weighted by Crippen LogP contribution is 2.28. The van der Waals surface area contributed by atoms with Crippen LogP contribution in [0.5, 0.6) is 5.75 Å². The molecule has 5 nitrogen and oxygen atoms in total. The van der Waals surface area contributed by atoms with Crippen LogP contribution in [0.2, 0.25) is 5.02 Å². The van der Waals surface area contributed by atoms with Crippen molar-refractivity contribution in [1.29, 1.82) is 0 Å². The highest BCUT2D eigenvalue weighted by Gasteiger charge is 2.07. The minimum absolute atomic E-state index is 0.450. The van der Waals surface area contributed by atoms with E-state index in [9.17, 15) is 0 Å². The van der Waals surface area contributed by atoms with E-state index in [0.717, 1.165) is 31.7 Å². The summed E-state index contributed by atoms with van der Waals surface area (Å²) in [5.74, 6) is 1.54. The largest absolute Gasteiger partial charge is 0.486 e. The van der Waals surface area contributed by atoms with Gasteiger partial charge in [-0.1, -0.05) is 40.8 Å². The van der Waals surface area contributed by atoms with Crippen molar-refractivity contribution < 1.29 is 4.74 Å². The van der Waals surface area contributed by atoms with Crippen molar-refractivity contribution in [3.8, 4) is 5.75 Å². The number of aromatic nitrogens is 3. The van der Waals surface area contributed by atoms with Crippen LogP contribution in [-0.4, -0.2) is 21.7 Å². The van der Waals surface area contributed by atoms with E-state index < -0.39 is 0 Å². The van der Waals surface area contributed by atoms with Crippen molar-refractivity contribution in [1.82, 2.24) is 15.2 Å². The fraction of sp³-hybridized carbons (Fsp3) is 0.188. The van der Waals surface area contributed by atoms with Gasteiger partial charge >= 0.3 is 0 Å². The third kappa shape index (κ3) is 5.71. The van der Waals surface area contributed by atoms with Crippen molar-refractivity contribution in [2.45, 2.75) is 16.7 Å². The van der Waals surface area contributed by atoms with E-state index >= 15 is 0 Å². The van der Waals surface area contributed by atoms with Gasteiger partial charge in [-0.3, -0.25) is 0 Å². The highest BCUT2D eigenvalue weighted by molar-refractivity contribution is 8.00. The van der Waals surface area contributed by atoms with Crippen LogP contribution >= 0.6 is 46.0 Å². The number of nitrogens with one attached hydrogen (secondary N) is 1. The standard InChI is InChI=1S/C16H15ClN4OS3/c1-2-7-18-15-20-21-16(25-15)24-10-12-9-23-14(19-12)8-22-13-5-3-11(17)4-6-13/h2-6,9H,1,7-8,10H2,(H,18,20). The van der Waals surface area contributed by atoms with Crippen LogP contribution in [0.15, 0.2) is 46.6 Å². The highest BCUT2D eigenvalue weighted by atomic mass is 35.5. The van der Waals surface area contributed by atoms with E-state index in [1.165, 1.54) is 11.3 Å². The van der Waals surface area contributed by atoms with Gasteiger partial charge in [0.05, 0.1) is 5.69 Å². The SMILES string of the molecule is C=CCNc1nnc(SCc2csc(COc3ccc(Cl)cc3)n2)s1. The molecule has 9 heteroatoms. The number of benzene rings is 1. The zero-order chi connectivity index (χ0) is 17.5. The second-order valence-corrected chi connectivity index (χ2v) is 8.39. The molecule has 0 bridgehead atoms. The van der Waals surface area contributed by atoms with E-state index in [2.05, 4.69) is 27.1 Å². The molecule has 3 rings (SSSR count). The van der Waals surface area contributed by atoms with Gasteiger partial charge in [-0.25, -0.2) is 4.98 Å². The molecule has 130 valence electrons. The molecule has 0 unspecified atom stereocenters. The van der Waals surface area contributed by atoms with Gasteiger partial charge in [0.1, 0.15) is 17.4 Å². The van der Waals surface area contributed by atoms with Crippen molar-refractivity contribution in [3.05, 3.63) is 58.0 Å². The molecule has 25 heavy (non-hydrogen) atoms. The summed E-state index contributed by atoms with van der Waals surface area (Å²) >= 11 is 10.6. The minimum Gasteiger partial charge on any atom is -0.486 e. The average molecular weight is 411 g/mol. The molecule has 0 spiro atoms. The molecular formula is C16H15ClN4OS3. The van der Waals surface area contributed by atoms with Crippen LogP contribution in [0.25, 0.3) is 0 Å². The molecule has 0 aliphatic rings. The number of halogens is 1. The molecule has 0 saturated carbocycles. The maximum absolute atomic E-state index is 5.86. The third-order valence-corrected chi connectivity index (χ3v) is 6.09. The fourth-order valence-electron chi connectivity index (χ4n) is 1.79. The smallest absolute Gasteiger partial charge is 0.206 e. The van der Waals surface area contributed by atoms with E-state index in [1.54, 1.807) is 41.3 Å². The summed E-state index contributed by atoms with van der Waals surface area (Å²) in [6.45, 7) is 4.80. The predicted molar refractivity (Wildman–Crippen MR) is 106 cm³/mol. The third-order valence-electron chi connectivity index (χ3n) is 2.92. The number of ether oxygens (including phenoxy) is 1. The monoisotopic (exact) mass is 410 g/mol. The summed E-state index contributed by atoms with van der Waals surface area (Å²) in [7, 11) is 0. The first-order valence-electron chi connectivity index (χ1n) is 7.35. The Morgan fingerprint density at radius 1 is 1.28 bits per heavy atom. The van der Waals surface area contributed by atoms with Crippen LogP contribution in [0.4, 0.5) is 5.13 Å². The molecule has 0 radical (unpaired) electrons. The lowest BCUT2D eigenvalue weighted by Crippen LogP contribution is -1.96. The molecule has 0 atom stereocenters. The lowest BCUT2D eigenvalue weighted by atomic mass is 10.3. The van der Waals surface area contributed by atoms with Gasteiger partial charge < -0.3 is 10.1 Å². The van der Waals surface area contributed by atoms with Gasteiger partial charge in [-0.2, -0.15) is 0 Å². The molecule has 1 aromatic carbocycles. The Bertz CT molecular complexity index is 819. The molecule has 3 aromatic rings. The lowest BCUT2D eigenvalue weighted by Gasteiger charge is -2.03. The Labute approximate surface area is 163 Å². The number of nitrogens with zero attached hydrogens (tertiary/aromatic N) is 3. The second-order valence-electron chi connectivity index (χ2n) is 4.81. The number of hydrogen-bond acceptors (Lipinski definition) is 8. The van der Waals surface area contributed by atoms with Crippen molar-refractivity contribution in [2.24, 2.45) is 0 Å². The topological polar surface area (TPSA) is 59.9 Å². The minimum atomic E-state index is 0.450. The van der Waals surface area contributed by atoms with E-state index in [4.69, 9.17) is 16.3 Å². The van der Waals surface area contributed by atoms with Crippen molar-refractivity contribution in [2.75, 3.05) is 11.9 Å². The van der Waals surface area contributed by atoms with Crippen LogP contribution in [0.3, 0.4) is 0 Å². The first-order chi connectivity index (χ1) is 12.2. The molecule has 2 heterocycles. The van der Waals surface area contributed by atoms with Gasteiger partial charge in [0.2, 0.25) is 5.13 Å². The number of thiazole rings is 1. The maximum Gasteiger partial charge on any atom is 0.206 e. The summed E-state index contributed by atoms with van der Waals surface area (Å²) in [5.41, 5.74) is 1.01. The van der Waals surface area contributed by atoms with Crippen LogP contribution < -0.4 is 10.1 Å². The van der Waals surface area contributed by atoms with Crippen LogP contribution in [-0.2, 0) is 12.4 Å². The zero-order valence-corrected chi connectivity index (χ0v) is 16.4. The first kappa shape index (κ1) is 18.2. The molecule has 1 N–H and O–H groups in total. The normalized spacial score (nSPS) is 10.6. The quantitative estimate of drug-likeness (QED) is 0.390. The molecule has 0 amide bonds. The van der Waals surface area contributed by atoms with E-state index in [1.807, 2.05) is 17.5 Å². The summed E-state index contributed by atoms with van der Waals surface area (Å²) in [6, 6.07) is 7.31. The summed E-state index contributed by atoms with van der Waals surface area (Å²) in [6.07, 6.45) is 1.79.